The van der Waals surface area contributed by atoms with Crippen LogP contribution in [0.2, 0.25) is 0 Å². The fourth-order valence-corrected chi connectivity index (χ4v) is 3.17. The van der Waals surface area contributed by atoms with Crippen LogP contribution in [0.1, 0.15) is 57.9 Å². The third-order valence-corrected chi connectivity index (χ3v) is 5.48. The summed E-state index contributed by atoms with van der Waals surface area (Å²) in [7, 11) is 0. The Kier molecular flexibility index (Phi) is 18.6. The monoisotopic (exact) mass is 576 g/mol. The number of ether oxygens (including phenoxy) is 5. The van der Waals surface area contributed by atoms with E-state index in [0.29, 0.717) is 56.0 Å². The van der Waals surface area contributed by atoms with Crippen molar-refractivity contribution >= 4 is 24.1 Å². The van der Waals surface area contributed by atoms with E-state index in [9.17, 15) is 19.2 Å². The van der Waals surface area contributed by atoms with Crippen molar-refractivity contribution in [2.24, 2.45) is 0 Å². The molecule has 0 aliphatic rings. The van der Waals surface area contributed by atoms with Gasteiger partial charge in [-0.3, -0.25) is 0 Å². The van der Waals surface area contributed by atoms with Crippen molar-refractivity contribution in [1.29, 1.82) is 0 Å². The molecule has 0 saturated heterocycles. The van der Waals surface area contributed by atoms with Crippen molar-refractivity contribution < 1.29 is 42.9 Å². The van der Waals surface area contributed by atoms with Gasteiger partial charge >= 0.3 is 24.1 Å². The van der Waals surface area contributed by atoms with Crippen molar-refractivity contribution in [3.8, 4) is 5.75 Å². The average molecular weight is 577 g/mol. The van der Waals surface area contributed by atoms with Gasteiger partial charge in [0, 0.05) is 30.7 Å². The first-order valence-electron chi connectivity index (χ1n) is 13.9. The van der Waals surface area contributed by atoms with Crippen molar-refractivity contribution in [3.05, 3.63) is 54.1 Å². The lowest BCUT2D eigenvalue weighted by Crippen LogP contribution is -2.27. The van der Waals surface area contributed by atoms with Crippen molar-refractivity contribution in [2.75, 3.05) is 46.1 Å². The van der Waals surface area contributed by atoms with Crippen LogP contribution < -0.4 is 15.4 Å². The smallest absolute Gasteiger partial charge is 0.407 e. The van der Waals surface area contributed by atoms with E-state index in [4.69, 9.17) is 23.7 Å². The van der Waals surface area contributed by atoms with Gasteiger partial charge in [-0.2, -0.15) is 0 Å². The van der Waals surface area contributed by atoms with Gasteiger partial charge in [0.05, 0.1) is 19.8 Å². The highest BCUT2D eigenvalue weighted by molar-refractivity contribution is 5.87. The fourth-order valence-electron chi connectivity index (χ4n) is 3.17. The number of nitrogens with one attached hydrogen (secondary N) is 2. The molecule has 0 aliphatic carbocycles. The Bertz CT molecular complexity index is 977. The number of carbonyl (C=O) groups is 4. The Labute approximate surface area is 242 Å². The Morgan fingerprint density at radius 2 is 1.10 bits per heavy atom. The summed E-state index contributed by atoms with van der Waals surface area (Å²) in [4.78, 5) is 46.0. The Morgan fingerprint density at radius 1 is 0.610 bits per heavy atom. The maximum absolute atomic E-state index is 11.8. The van der Waals surface area contributed by atoms with E-state index in [1.54, 1.807) is 26.0 Å². The molecule has 1 aromatic rings. The van der Waals surface area contributed by atoms with Gasteiger partial charge < -0.3 is 34.3 Å². The zero-order valence-electron chi connectivity index (χ0n) is 24.3. The molecule has 0 fully saturated rings. The maximum Gasteiger partial charge on any atom is 0.407 e. The van der Waals surface area contributed by atoms with Crippen LogP contribution in [0.5, 0.6) is 5.75 Å². The average Bonchev–Trinajstić information content (AvgIpc) is 2.94. The highest BCUT2D eigenvalue weighted by Crippen LogP contribution is 2.12. The normalized spacial score (nSPS) is 10.2. The van der Waals surface area contributed by atoms with Crippen molar-refractivity contribution in [3.63, 3.8) is 0 Å². The van der Waals surface area contributed by atoms with E-state index in [1.807, 2.05) is 12.1 Å². The van der Waals surface area contributed by atoms with E-state index in [-0.39, 0.29) is 25.8 Å². The summed E-state index contributed by atoms with van der Waals surface area (Å²) < 4.78 is 25.9. The van der Waals surface area contributed by atoms with Crippen LogP contribution in [0.3, 0.4) is 0 Å². The number of hydrogen-bond acceptors (Lipinski definition) is 9. The van der Waals surface area contributed by atoms with Gasteiger partial charge in [-0.1, -0.05) is 25.3 Å². The molecular weight excluding hydrogens is 532 g/mol. The molecule has 0 unspecified atom stereocenters. The molecule has 2 N–H and O–H groups in total. The van der Waals surface area contributed by atoms with Gasteiger partial charge in [-0.05, 0) is 70.1 Å². The van der Waals surface area contributed by atoms with Crippen LogP contribution >= 0.6 is 0 Å². The number of esters is 2. The first kappa shape index (κ1) is 35.0. The third-order valence-electron chi connectivity index (χ3n) is 5.48. The molecule has 1 aromatic carbocycles. The van der Waals surface area contributed by atoms with Gasteiger partial charge in [0.25, 0.3) is 0 Å². The molecule has 228 valence electrons. The maximum atomic E-state index is 11.8. The molecule has 0 spiro atoms. The predicted molar refractivity (Wildman–Crippen MR) is 154 cm³/mol. The van der Waals surface area contributed by atoms with E-state index in [1.165, 1.54) is 0 Å². The van der Waals surface area contributed by atoms with E-state index in [2.05, 4.69) is 23.8 Å². The molecule has 0 aromatic heterocycles. The fraction of sp³-hybridized carbons (Fsp3) is 0.533. The molecule has 0 atom stereocenters. The number of rotatable bonds is 21. The molecule has 41 heavy (non-hydrogen) atoms. The molecule has 11 heteroatoms. The quantitative estimate of drug-likeness (QED) is 0.0927. The molecular formula is C30H44N2O9. The lowest BCUT2D eigenvalue weighted by Gasteiger charge is -2.10. The molecule has 0 aliphatic heterocycles. The highest BCUT2D eigenvalue weighted by Gasteiger charge is 2.06. The Hall–Kier alpha value is -4.02. The minimum Gasteiger partial charge on any atom is -0.490 e. The lowest BCUT2D eigenvalue weighted by molar-refractivity contribution is -0.139. The minimum absolute atomic E-state index is 0.107. The van der Waals surface area contributed by atoms with Gasteiger partial charge in [-0.25, -0.2) is 19.2 Å². The van der Waals surface area contributed by atoms with E-state index >= 15 is 0 Å². The summed E-state index contributed by atoms with van der Waals surface area (Å²) in [5.74, 6) is -0.139. The van der Waals surface area contributed by atoms with Crippen LogP contribution in [-0.2, 0) is 35.0 Å². The summed E-state index contributed by atoms with van der Waals surface area (Å²) in [5.41, 5.74) is 1.74. The number of hydrogen-bond donors (Lipinski definition) is 2. The van der Waals surface area contributed by atoms with Crippen LogP contribution in [0.15, 0.2) is 48.6 Å². The molecule has 0 saturated carbocycles. The summed E-state index contributed by atoms with van der Waals surface area (Å²) in [6.07, 6.45) is 4.14. The molecule has 11 nitrogen and oxygen atoms in total. The molecule has 2 amide bonds. The lowest BCUT2D eigenvalue weighted by atomic mass is 10.1. The van der Waals surface area contributed by atoms with Gasteiger partial charge in [-0.15, -0.1) is 0 Å². The molecule has 1 rings (SSSR count). The number of alkyl carbamates (subject to hydrolysis) is 2. The topological polar surface area (TPSA) is 138 Å². The van der Waals surface area contributed by atoms with E-state index in [0.717, 1.165) is 37.7 Å². The summed E-state index contributed by atoms with van der Waals surface area (Å²) in [5, 5.41) is 5.37. The summed E-state index contributed by atoms with van der Waals surface area (Å²) >= 11 is 0. The highest BCUT2D eigenvalue weighted by atomic mass is 16.6. The van der Waals surface area contributed by atoms with Crippen LogP contribution in [0.4, 0.5) is 9.59 Å². The summed E-state index contributed by atoms with van der Waals surface area (Å²) in [6, 6.07) is 7.36. The summed E-state index contributed by atoms with van der Waals surface area (Å²) in [6.45, 7) is 12.4. The first-order chi connectivity index (χ1) is 19.7. The van der Waals surface area contributed by atoms with Gasteiger partial charge in [0.1, 0.15) is 19.0 Å². The second-order valence-corrected chi connectivity index (χ2v) is 9.32. The SMILES string of the molecule is C=C(C)C(=O)OCCCCCNC(=O)OCCOc1ccc(CCOC(=O)NCCCCCOC(=O)C(=C)C)cc1. The molecule has 0 heterocycles. The van der Waals surface area contributed by atoms with Crippen LogP contribution in [0.25, 0.3) is 0 Å². The van der Waals surface area contributed by atoms with Crippen molar-refractivity contribution in [1.82, 2.24) is 10.6 Å². The third kappa shape index (κ3) is 18.8. The largest absolute Gasteiger partial charge is 0.490 e. The Morgan fingerprint density at radius 3 is 1.59 bits per heavy atom. The molecule has 0 radical (unpaired) electrons. The number of amides is 2. The second-order valence-electron chi connectivity index (χ2n) is 9.32. The molecule has 0 bridgehead atoms. The van der Waals surface area contributed by atoms with Crippen molar-refractivity contribution in [2.45, 2.75) is 58.8 Å². The minimum atomic E-state index is -0.511. The second kappa shape index (κ2) is 21.8. The predicted octanol–water partition coefficient (Wildman–Crippen LogP) is 4.64. The number of benzene rings is 1. The zero-order chi connectivity index (χ0) is 30.3. The Balaban J connectivity index is 2.01. The van der Waals surface area contributed by atoms with Crippen LogP contribution in [-0.4, -0.2) is 70.2 Å². The van der Waals surface area contributed by atoms with Crippen LogP contribution in [0, 0.1) is 0 Å². The van der Waals surface area contributed by atoms with E-state index < -0.39 is 18.2 Å². The first-order valence-corrected chi connectivity index (χ1v) is 13.9. The van der Waals surface area contributed by atoms with Gasteiger partial charge in [0.15, 0.2) is 0 Å². The standard InChI is InChI=1S/C30H44N2O9/c1-23(2)27(33)38-18-9-5-7-16-31-29(35)40-20-15-25-11-13-26(14-12-25)37-21-22-41-30(36)32-17-8-6-10-19-39-28(34)24(3)4/h11-14H,1,3,5-10,15-22H2,2,4H3,(H,31,35)(H,32,36). The zero-order valence-corrected chi connectivity index (χ0v) is 24.3. The van der Waals surface area contributed by atoms with Gasteiger partial charge in [0.2, 0.25) is 0 Å². The number of unbranched alkanes of at least 4 members (excludes halogenated alkanes) is 4. The number of carbonyl (C=O) groups excluding carboxylic acids is 4.